The van der Waals surface area contributed by atoms with Crippen molar-refractivity contribution in [2.24, 2.45) is 5.84 Å². The summed E-state index contributed by atoms with van der Waals surface area (Å²) in [6.45, 7) is 0. The number of rotatable bonds is 3. The van der Waals surface area contributed by atoms with Crippen LogP contribution in [0.2, 0.25) is 0 Å². The average molecular weight is 331 g/mol. The van der Waals surface area contributed by atoms with Gasteiger partial charge in [0, 0.05) is 15.6 Å². The minimum atomic E-state index is -1.13. The molecule has 0 aliphatic heterocycles. The molecule has 1 atom stereocenters. The fourth-order valence-electron chi connectivity index (χ4n) is 1.88. The van der Waals surface area contributed by atoms with Crippen molar-refractivity contribution in [3.63, 3.8) is 0 Å². The van der Waals surface area contributed by atoms with Crippen molar-refractivity contribution in [1.82, 2.24) is 5.43 Å². The quantitative estimate of drug-likeness (QED) is 0.668. The molecular formula is C13H10BrF3N2. The molecule has 0 radical (unpaired) electrons. The number of hydrazine groups is 1. The van der Waals surface area contributed by atoms with Crippen molar-refractivity contribution in [3.05, 3.63) is 69.4 Å². The van der Waals surface area contributed by atoms with Crippen molar-refractivity contribution in [2.75, 3.05) is 0 Å². The van der Waals surface area contributed by atoms with Crippen LogP contribution >= 0.6 is 15.9 Å². The highest BCUT2D eigenvalue weighted by Crippen LogP contribution is 2.32. The van der Waals surface area contributed by atoms with E-state index in [1.807, 2.05) is 0 Å². The lowest BCUT2D eigenvalue weighted by molar-refractivity contribution is 0.494. The first-order valence-electron chi connectivity index (χ1n) is 5.40. The van der Waals surface area contributed by atoms with E-state index in [0.29, 0.717) is 4.47 Å². The first-order valence-corrected chi connectivity index (χ1v) is 6.19. The van der Waals surface area contributed by atoms with Crippen molar-refractivity contribution in [3.8, 4) is 0 Å². The summed E-state index contributed by atoms with van der Waals surface area (Å²) in [6, 6.07) is 6.54. The highest BCUT2D eigenvalue weighted by atomic mass is 79.9. The maximum absolute atomic E-state index is 13.9. The van der Waals surface area contributed by atoms with Gasteiger partial charge in [-0.15, -0.1) is 0 Å². The molecular weight excluding hydrogens is 321 g/mol. The predicted molar refractivity (Wildman–Crippen MR) is 69.6 cm³/mol. The number of halogens is 4. The molecule has 2 aromatic carbocycles. The minimum absolute atomic E-state index is 0.0500. The monoisotopic (exact) mass is 330 g/mol. The molecule has 2 aromatic rings. The van der Waals surface area contributed by atoms with E-state index in [9.17, 15) is 13.2 Å². The second-order valence-electron chi connectivity index (χ2n) is 3.87. The molecule has 0 spiro atoms. The molecule has 19 heavy (non-hydrogen) atoms. The lowest BCUT2D eigenvalue weighted by atomic mass is 9.98. The fraction of sp³-hybridized carbons (Fsp3) is 0.0769. The van der Waals surface area contributed by atoms with Crippen LogP contribution in [0.1, 0.15) is 17.2 Å². The van der Waals surface area contributed by atoms with Crippen LogP contribution in [0, 0.1) is 17.5 Å². The second kappa shape index (κ2) is 5.73. The first kappa shape index (κ1) is 14.0. The molecule has 0 aliphatic carbocycles. The summed E-state index contributed by atoms with van der Waals surface area (Å²) in [7, 11) is 0. The lowest BCUT2D eigenvalue weighted by Gasteiger charge is -2.20. The van der Waals surface area contributed by atoms with E-state index in [0.717, 1.165) is 12.1 Å². The molecule has 0 aromatic heterocycles. The Morgan fingerprint density at radius 1 is 0.895 bits per heavy atom. The van der Waals surface area contributed by atoms with Gasteiger partial charge in [-0.2, -0.15) is 0 Å². The zero-order valence-corrected chi connectivity index (χ0v) is 11.2. The largest absolute Gasteiger partial charge is 0.271 e. The van der Waals surface area contributed by atoms with Gasteiger partial charge < -0.3 is 0 Å². The van der Waals surface area contributed by atoms with Crippen LogP contribution in [0.5, 0.6) is 0 Å². The third-order valence-corrected chi connectivity index (χ3v) is 3.43. The zero-order valence-electron chi connectivity index (χ0n) is 9.63. The molecule has 6 heteroatoms. The van der Waals surface area contributed by atoms with E-state index in [1.54, 1.807) is 6.07 Å². The summed E-state index contributed by atoms with van der Waals surface area (Å²) in [5.41, 5.74) is 1.97. The molecule has 2 rings (SSSR count). The van der Waals surface area contributed by atoms with Gasteiger partial charge in [0.05, 0.1) is 6.04 Å². The van der Waals surface area contributed by atoms with Gasteiger partial charge in [-0.25, -0.2) is 18.6 Å². The van der Waals surface area contributed by atoms with Gasteiger partial charge in [-0.3, -0.25) is 5.84 Å². The number of nitrogens with two attached hydrogens (primary N) is 1. The van der Waals surface area contributed by atoms with Crippen LogP contribution in [0.25, 0.3) is 0 Å². The molecule has 0 aliphatic rings. The van der Waals surface area contributed by atoms with Gasteiger partial charge in [0.2, 0.25) is 0 Å². The Bertz CT molecular complexity index is 512. The minimum Gasteiger partial charge on any atom is -0.271 e. The van der Waals surface area contributed by atoms with E-state index < -0.39 is 23.5 Å². The van der Waals surface area contributed by atoms with E-state index >= 15 is 0 Å². The van der Waals surface area contributed by atoms with Crippen LogP contribution in [-0.4, -0.2) is 0 Å². The summed E-state index contributed by atoms with van der Waals surface area (Å²) in [4.78, 5) is 0. The van der Waals surface area contributed by atoms with E-state index in [-0.39, 0.29) is 11.1 Å². The van der Waals surface area contributed by atoms with Crippen LogP contribution in [-0.2, 0) is 0 Å². The molecule has 1 unspecified atom stereocenters. The van der Waals surface area contributed by atoms with Gasteiger partial charge in [0.1, 0.15) is 17.5 Å². The number of benzene rings is 2. The van der Waals surface area contributed by atoms with Gasteiger partial charge in [-0.1, -0.05) is 28.1 Å². The van der Waals surface area contributed by atoms with E-state index in [4.69, 9.17) is 5.84 Å². The third kappa shape index (κ3) is 2.65. The Hall–Kier alpha value is -1.37. The van der Waals surface area contributed by atoms with E-state index in [2.05, 4.69) is 21.4 Å². The highest BCUT2D eigenvalue weighted by molar-refractivity contribution is 9.10. The molecule has 100 valence electrons. The van der Waals surface area contributed by atoms with Crippen LogP contribution in [0.3, 0.4) is 0 Å². The van der Waals surface area contributed by atoms with Crippen molar-refractivity contribution >= 4 is 15.9 Å². The fourth-order valence-corrected chi connectivity index (χ4v) is 2.45. The number of hydrogen-bond donors (Lipinski definition) is 2. The normalized spacial score (nSPS) is 12.5. The van der Waals surface area contributed by atoms with E-state index in [1.165, 1.54) is 18.2 Å². The summed E-state index contributed by atoms with van der Waals surface area (Å²) in [5, 5.41) is 0. The molecule has 0 heterocycles. The van der Waals surface area contributed by atoms with Crippen molar-refractivity contribution in [1.29, 1.82) is 0 Å². The summed E-state index contributed by atoms with van der Waals surface area (Å²) in [5.74, 6) is 3.14. The molecule has 0 bridgehead atoms. The van der Waals surface area contributed by atoms with Crippen LogP contribution < -0.4 is 11.3 Å². The molecule has 0 saturated carbocycles. The maximum atomic E-state index is 13.9. The second-order valence-corrected chi connectivity index (χ2v) is 4.72. The van der Waals surface area contributed by atoms with Crippen molar-refractivity contribution < 1.29 is 13.2 Å². The molecule has 3 N–H and O–H groups in total. The molecule has 2 nitrogen and oxygen atoms in total. The van der Waals surface area contributed by atoms with Gasteiger partial charge in [0.25, 0.3) is 0 Å². The van der Waals surface area contributed by atoms with Crippen LogP contribution in [0.15, 0.2) is 40.9 Å². The Labute approximate surface area is 116 Å². The van der Waals surface area contributed by atoms with Crippen molar-refractivity contribution in [2.45, 2.75) is 6.04 Å². The lowest BCUT2D eigenvalue weighted by Crippen LogP contribution is -2.31. The summed E-state index contributed by atoms with van der Waals surface area (Å²) >= 11 is 3.15. The Kier molecular flexibility index (Phi) is 4.24. The SMILES string of the molecule is NNC(c1c(F)cccc1F)c1c(F)cccc1Br. The Morgan fingerprint density at radius 3 is 1.84 bits per heavy atom. The zero-order chi connectivity index (χ0) is 14.0. The summed E-state index contributed by atoms with van der Waals surface area (Å²) in [6.07, 6.45) is 0. The number of hydrogen-bond acceptors (Lipinski definition) is 2. The Morgan fingerprint density at radius 2 is 1.37 bits per heavy atom. The Balaban J connectivity index is 2.64. The highest BCUT2D eigenvalue weighted by Gasteiger charge is 2.25. The summed E-state index contributed by atoms with van der Waals surface area (Å²) < 4.78 is 41.8. The van der Waals surface area contributed by atoms with Crippen LogP contribution in [0.4, 0.5) is 13.2 Å². The first-order chi connectivity index (χ1) is 9.06. The standard InChI is InChI=1S/C13H10BrF3N2/c14-7-3-1-4-8(15)11(7)13(19-18)12-9(16)5-2-6-10(12)17/h1-6,13,19H,18H2. The van der Waals surface area contributed by atoms with Gasteiger partial charge in [-0.05, 0) is 24.3 Å². The third-order valence-electron chi connectivity index (χ3n) is 2.74. The van der Waals surface area contributed by atoms with Gasteiger partial charge >= 0.3 is 0 Å². The smallest absolute Gasteiger partial charge is 0.131 e. The predicted octanol–water partition coefficient (Wildman–Crippen LogP) is 3.42. The van der Waals surface area contributed by atoms with Gasteiger partial charge in [0.15, 0.2) is 0 Å². The molecule has 0 fully saturated rings. The number of nitrogens with one attached hydrogen (secondary N) is 1. The average Bonchev–Trinajstić information content (AvgIpc) is 2.36. The molecule has 0 saturated heterocycles. The molecule has 0 amide bonds. The topological polar surface area (TPSA) is 38.0 Å². The maximum Gasteiger partial charge on any atom is 0.131 e.